The van der Waals surface area contributed by atoms with Crippen molar-refractivity contribution in [1.29, 1.82) is 0 Å². The topological polar surface area (TPSA) is 75.7 Å². The molecule has 0 bridgehead atoms. The number of oxime groups is 1. The number of amides is 1. The van der Waals surface area contributed by atoms with Gasteiger partial charge >= 0.3 is 0 Å². The molecule has 4 nitrogen and oxygen atoms in total. The number of benzene rings is 1. The van der Waals surface area contributed by atoms with Crippen LogP contribution in [-0.2, 0) is 4.79 Å². The Hall–Kier alpha value is -1.84. The van der Waals surface area contributed by atoms with E-state index in [0.29, 0.717) is 5.56 Å². The molecule has 0 saturated carbocycles. The van der Waals surface area contributed by atoms with Gasteiger partial charge in [-0.25, -0.2) is 0 Å². The number of aryl methyl sites for hydroxylation is 1. The maximum atomic E-state index is 10.8. The lowest BCUT2D eigenvalue weighted by Gasteiger charge is -2.03. The maximum absolute atomic E-state index is 10.8. The minimum absolute atomic E-state index is 0.113. The number of hydrogen-bond acceptors (Lipinski definition) is 3. The Morgan fingerprint density at radius 2 is 2.08 bits per heavy atom. The number of rotatable bonds is 2. The molecule has 0 aliphatic rings. The van der Waals surface area contributed by atoms with Crippen molar-refractivity contribution < 1.29 is 10.0 Å². The highest BCUT2D eigenvalue weighted by Gasteiger charge is 2.12. The summed E-state index contributed by atoms with van der Waals surface area (Å²) in [6.45, 7) is 1.81. The van der Waals surface area contributed by atoms with Crippen molar-refractivity contribution >= 4 is 11.6 Å². The molecule has 68 valence electrons. The van der Waals surface area contributed by atoms with Gasteiger partial charge in [-0.1, -0.05) is 29.4 Å². The highest BCUT2D eigenvalue weighted by atomic mass is 16.4. The van der Waals surface area contributed by atoms with E-state index in [1.165, 1.54) is 0 Å². The fraction of sp³-hybridized carbons (Fsp3) is 0.111. The van der Waals surface area contributed by atoms with E-state index in [4.69, 9.17) is 10.9 Å². The van der Waals surface area contributed by atoms with Crippen LogP contribution in [0, 0.1) is 6.92 Å². The average molecular weight is 178 g/mol. The number of nitrogens with zero attached hydrogens (tertiary/aromatic N) is 1. The number of primary amides is 1. The van der Waals surface area contributed by atoms with Gasteiger partial charge in [0.05, 0.1) is 0 Å². The van der Waals surface area contributed by atoms with Gasteiger partial charge in [-0.05, 0) is 12.5 Å². The molecule has 0 aliphatic carbocycles. The summed E-state index contributed by atoms with van der Waals surface area (Å²) in [4.78, 5) is 10.8. The molecule has 1 aromatic carbocycles. The second-order valence-corrected chi connectivity index (χ2v) is 2.63. The van der Waals surface area contributed by atoms with Gasteiger partial charge in [0.15, 0.2) is 5.71 Å². The van der Waals surface area contributed by atoms with E-state index in [1.54, 1.807) is 12.1 Å². The Morgan fingerprint density at radius 1 is 1.46 bits per heavy atom. The van der Waals surface area contributed by atoms with Crippen molar-refractivity contribution in [2.75, 3.05) is 0 Å². The summed E-state index contributed by atoms with van der Waals surface area (Å²) in [5, 5.41) is 11.4. The number of carbonyl (C=O) groups excluding carboxylic acids is 1. The van der Waals surface area contributed by atoms with Crippen molar-refractivity contribution in [2.24, 2.45) is 10.9 Å². The molecule has 4 heteroatoms. The third-order valence-corrected chi connectivity index (χ3v) is 1.73. The quantitative estimate of drug-likeness (QED) is 0.396. The van der Waals surface area contributed by atoms with Crippen molar-refractivity contribution in [2.45, 2.75) is 6.92 Å². The third-order valence-electron chi connectivity index (χ3n) is 1.73. The fourth-order valence-electron chi connectivity index (χ4n) is 1.07. The number of nitrogens with two attached hydrogens (primary N) is 1. The van der Waals surface area contributed by atoms with Crippen LogP contribution in [0.1, 0.15) is 11.1 Å². The molecular formula is C9H10N2O2. The molecule has 0 spiro atoms. The van der Waals surface area contributed by atoms with Crippen molar-refractivity contribution in [3.8, 4) is 0 Å². The zero-order valence-corrected chi connectivity index (χ0v) is 7.19. The maximum Gasteiger partial charge on any atom is 0.271 e. The van der Waals surface area contributed by atoms with Gasteiger partial charge in [-0.2, -0.15) is 0 Å². The molecule has 0 atom stereocenters. The monoisotopic (exact) mass is 178 g/mol. The van der Waals surface area contributed by atoms with Crippen molar-refractivity contribution in [3.63, 3.8) is 0 Å². The second kappa shape index (κ2) is 3.71. The summed E-state index contributed by atoms with van der Waals surface area (Å²) in [5.41, 5.74) is 6.30. The van der Waals surface area contributed by atoms with E-state index in [1.807, 2.05) is 19.1 Å². The van der Waals surface area contributed by atoms with Gasteiger partial charge in [-0.15, -0.1) is 0 Å². The van der Waals surface area contributed by atoms with E-state index >= 15 is 0 Å². The molecule has 0 fully saturated rings. The molecule has 0 heterocycles. The lowest BCUT2D eigenvalue weighted by atomic mass is 10.0. The third kappa shape index (κ3) is 1.84. The average Bonchev–Trinajstić information content (AvgIpc) is 2.09. The lowest BCUT2D eigenvalue weighted by Crippen LogP contribution is -2.24. The van der Waals surface area contributed by atoms with Gasteiger partial charge < -0.3 is 10.9 Å². The highest BCUT2D eigenvalue weighted by Crippen LogP contribution is 2.07. The molecule has 0 aliphatic heterocycles. The van der Waals surface area contributed by atoms with Gasteiger partial charge in [0, 0.05) is 5.56 Å². The molecular weight excluding hydrogens is 168 g/mol. The van der Waals surface area contributed by atoms with Gasteiger partial charge in [0.25, 0.3) is 5.91 Å². The molecule has 13 heavy (non-hydrogen) atoms. The first-order chi connectivity index (χ1) is 6.16. The zero-order valence-electron chi connectivity index (χ0n) is 7.19. The van der Waals surface area contributed by atoms with Crippen molar-refractivity contribution in [1.82, 2.24) is 0 Å². The summed E-state index contributed by atoms with van der Waals surface area (Å²) in [5.74, 6) is -0.739. The highest BCUT2D eigenvalue weighted by molar-refractivity contribution is 6.45. The largest absolute Gasteiger partial charge is 0.410 e. The van der Waals surface area contributed by atoms with Gasteiger partial charge in [0.2, 0.25) is 0 Å². The van der Waals surface area contributed by atoms with E-state index in [2.05, 4.69) is 5.16 Å². The van der Waals surface area contributed by atoms with Crippen LogP contribution in [0.4, 0.5) is 0 Å². The summed E-state index contributed by atoms with van der Waals surface area (Å²) < 4.78 is 0. The normalized spacial score (nSPS) is 11.3. The Balaban J connectivity index is 3.21. The SMILES string of the molecule is Cc1ccccc1C(=NO)C(N)=O. The molecule has 0 aromatic heterocycles. The van der Waals surface area contributed by atoms with E-state index in [0.717, 1.165) is 5.56 Å². The predicted molar refractivity (Wildman–Crippen MR) is 48.7 cm³/mol. The van der Waals surface area contributed by atoms with Crippen LogP contribution >= 0.6 is 0 Å². The zero-order chi connectivity index (χ0) is 9.84. The van der Waals surface area contributed by atoms with Gasteiger partial charge in [0.1, 0.15) is 0 Å². The van der Waals surface area contributed by atoms with Crippen LogP contribution in [0.25, 0.3) is 0 Å². The smallest absolute Gasteiger partial charge is 0.271 e. The van der Waals surface area contributed by atoms with E-state index in [-0.39, 0.29) is 5.71 Å². The van der Waals surface area contributed by atoms with Crippen LogP contribution in [0.5, 0.6) is 0 Å². The van der Waals surface area contributed by atoms with Crippen LogP contribution < -0.4 is 5.73 Å². The standard InChI is InChI=1S/C9H10N2O2/c1-6-4-2-3-5-7(6)8(11-13)9(10)12/h2-5,13H,1H3,(H2,10,12). The Labute approximate surface area is 75.7 Å². The number of hydrogen-bond donors (Lipinski definition) is 2. The molecule has 0 radical (unpaired) electrons. The minimum Gasteiger partial charge on any atom is -0.410 e. The van der Waals surface area contributed by atoms with Gasteiger partial charge in [-0.3, -0.25) is 4.79 Å². The van der Waals surface area contributed by atoms with Crippen LogP contribution in [0.2, 0.25) is 0 Å². The molecule has 0 unspecified atom stereocenters. The number of carbonyl (C=O) groups is 1. The Kier molecular flexibility index (Phi) is 2.64. The second-order valence-electron chi connectivity index (χ2n) is 2.63. The summed E-state index contributed by atoms with van der Waals surface area (Å²) in [6, 6.07) is 7.06. The van der Waals surface area contributed by atoms with E-state index < -0.39 is 5.91 Å². The molecule has 1 rings (SSSR count). The summed E-state index contributed by atoms with van der Waals surface area (Å²) >= 11 is 0. The predicted octanol–water partition coefficient (Wildman–Crippen LogP) is 0.659. The molecule has 0 saturated heterocycles. The van der Waals surface area contributed by atoms with E-state index in [9.17, 15) is 4.79 Å². The minimum atomic E-state index is -0.739. The summed E-state index contributed by atoms with van der Waals surface area (Å²) in [6.07, 6.45) is 0. The Morgan fingerprint density at radius 3 is 2.54 bits per heavy atom. The van der Waals surface area contributed by atoms with Crippen molar-refractivity contribution in [3.05, 3.63) is 35.4 Å². The lowest BCUT2D eigenvalue weighted by molar-refractivity contribution is -0.112. The fourth-order valence-corrected chi connectivity index (χ4v) is 1.07. The Bertz CT molecular complexity index is 358. The first-order valence-corrected chi connectivity index (χ1v) is 3.74. The van der Waals surface area contributed by atoms with Crippen LogP contribution in [-0.4, -0.2) is 16.8 Å². The first kappa shape index (κ1) is 9.25. The molecule has 1 amide bonds. The van der Waals surface area contributed by atoms with Crippen LogP contribution in [0.15, 0.2) is 29.4 Å². The first-order valence-electron chi connectivity index (χ1n) is 3.74. The molecule has 1 aromatic rings. The van der Waals surface area contributed by atoms with Crippen LogP contribution in [0.3, 0.4) is 0 Å². The molecule has 3 N–H and O–H groups in total. The summed E-state index contributed by atoms with van der Waals surface area (Å²) in [7, 11) is 0.